The van der Waals surface area contributed by atoms with Gasteiger partial charge >= 0.3 is 0 Å². The molecule has 0 fully saturated rings. The third-order valence-electron chi connectivity index (χ3n) is 3.38. The van der Waals surface area contributed by atoms with Crippen molar-refractivity contribution >= 4 is 42.8 Å². The van der Waals surface area contributed by atoms with Crippen LogP contribution in [0.25, 0.3) is 0 Å². The lowest BCUT2D eigenvalue weighted by Gasteiger charge is -1.99. The first-order valence-electron chi connectivity index (χ1n) is 7.50. The zero-order valence-corrected chi connectivity index (χ0v) is 16.8. The molecule has 2 aromatic rings. The van der Waals surface area contributed by atoms with Crippen LogP contribution in [0.1, 0.15) is 0 Å². The van der Waals surface area contributed by atoms with Gasteiger partial charge in [0.25, 0.3) is 11.4 Å². The van der Waals surface area contributed by atoms with Gasteiger partial charge in [-0.05, 0) is 35.1 Å². The van der Waals surface area contributed by atoms with Crippen molar-refractivity contribution in [2.24, 2.45) is 0 Å². The highest BCUT2D eigenvalue weighted by Crippen LogP contribution is 2.21. The standard InChI is InChI=1S/C16H12N2O8S3/c19-17(20)13-1-5-15(6-2-13)28(23,24)11-9-27-10-12-29(25,26)16-7-3-14(4-8-16)18(21)22/h1-12H/b11-9+,12-10+. The van der Waals surface area contributed by atoms with Gasteiger partial charge in [-0.25, -0.2) is 16.8 Å². The van der Waals surface area contributed by atoms with Crippen LogP contribution in [0.4, 0.5) is 11.4 Å². The largest absolute Gasteiger partial charge is 0.269 e. The minimum Gasteiger partial charge on any atom is -0.258 e. The molecule has 0 unspecified atom stereocenters. The van der Waals surface area contributed by atoms with Crippen molar-refractivity contribution < 1.29 is 26.7 Å². The van der Waals surface area contributed by atoms with Gasteiger partial charge in [-0.1, -0.05) is 0 Å². The minimum absolute atomic E-state index is 0.151. The second kappa shape index (κ2) is 8.98. The van der Waals surface area contributed by atoms with Crippen molar-refractivity contribution in [2.45, 2.75) is 9.79 Å². The summed E-state index contributed by atoms with van der Waals surface area (Å²) in [4.78, 5) is 19.6. The molecule has 2 aromatic carbocycles. The number of non-ortho nitro benzene ring substituents is 2. The van der Waals surface area contributed by atoms with Crippen LogP contribution in [0.2, 0.25) is 0 Å². The monoisotopic (exact) mass is 456 g/mol. The van der Waals surface area contributed by atoms with E-state index in [9.17, 15) is 37.1 Å². The third-order valence-corrected chi connectivity index (χ3v) is 7.16. The molecule has 0 aliphatic heterocycles. The summed E-state index contributed by atoms with van der Waals surface area (Å²) in [7, 11) is -7.71. The zero-order valence-electron chi connectivity index (χ0n) is 14.3. The second-order valence-electron chi connectivity index (χ2n) is 5.27. The molecule has 29 heavy (non-hydrogen) atoms. The third kappa shape index (κ3) is 5.97. The van der Waals surface area contributed by atoms with E-state index in [0.717, 1.165) is 81.9 Å². The molecule has 2 rings (SSSR count). The number of nitrogens with zero attached hydrogens (tertiary/aromatic N) is 2. The number of nitro benzene ring substituents is 2. The number of hydrogen-bond acceptors (Lipinski definition) is 9. The van der Waals surface area contributed by atoms with Gasteiger partial charge in [0.05, 0.1) is 19.6 Å². The summed E-state index contributed by atoms with van der Waals surface area (Å²) in [6, 6.07) is 8.62. The molecule has 0 saturated carbocycles. The van der Waals surface area contributed by atoms with Gasteiger partial charge in [-0.15, -0.1) is 11.8 Å². The van der Waals surface area contributed by atoms with Crippen LogP contribution in [-0.4, -0.2) is 26.7 Å². The molecule has 0 spiro atoms. The van der Waals surface area contributed by atoms with Crippen LogP contribution >= 0.6 is 11.8 Å². The number of nitro groups is 2. The molecule has 0 heterocycles. The van der Waals surface area contributed by atoms with E-state index in [0.29, 0.717) is 0 Å². The number of benzene rings is 2. The van der Waals surface area contributed by atoms with Crippen LogP contribution < -0.4 is 0 Å². The highest BCUT2D eigenvalue weighted by Gasteiger charge is 2.14. The Kier molecular flexibility index (Phi) is 6.89. The summed E-state index contributed by atoms with van der Waals surface area (Å²) in [6.07, 6.45) is 0. The van der Waals surface area contributed by atoms with Crippen molar-refractivity contribution in [3.63, 3.8) is 0 Å². The summed E-state index contributed by atoms with van der Waals surface area (Å²) >= 11 is 0.777. The molecule has 0 saturated heterocycles. The fraction of sp³-hybridized carbons (Fsp3) is 0. The Morgan fingerprint density at radius 2 is 0.966 bits per heavy atom. The summed E-state index contributed by atoms with van der Waals surface area (Å²) < 4.78 is 48.5. The second-order valence-corrected chi connectivity index (χ2v) is 9.76. The topological polar surface area (TPSA) is 155 Å². The maximum absolute atomic E-state index is 12.1. The lowest BCUT2D eigenvalue weighted by molar-refractivity contribution is -0.385. The van der Waals surface area contributed by atoms with Crippen molar-refractivity contribution in [3.05, 3.63) is 90.4 Å². The van der Waals surface area contributed by atoms with E-state index >= 15 is 0 Å². The van der Waals surface area contributed by atoms with Crippen LogP contribution in [0.5, 0.6) is 0 Å². The molecule has 13 heteroatoms. The maximum Gasteiger partial charge on any atom is 0.269 e. The molecule has 0 atom stereocenters. The fourth-order valence-electron chi connectivity index (χ4n) is 1.93. The molecular formula is C16H12N2O8S3. The van der Waals surface area contributed by atoms with E-state index in [1.165, 1.54) is 0 Å². The first-order valence-corrected chi connectivity index (χ1v) is 11.5. The Balaban J connectivity index is 2.05. The molecule has 0 aromatic heterocycles. The molecule has 10 nitrogen and oxygen atoms in total. The highest BCUT2D eigenvalue weighted by atomic mass is 32.2. The molecule has 0 N–H and O–H groups in total. The van der Waals surface area contributed by atoms with Gasteiger partial charge in [0, 0.05) is 35.1 Å². The average molecular weight is 456 g/mol. The fourth-order valence-corrected chi connectivity index (χ4v) is 5.05. The van der Waals surface area contributed by atoms with E-state index in [4.69, 9.17) is 0 Å². The predicted octanol–water partition coefficient (Wildman–Crippen LogP) is 3.43. The lowest BCUT2D eigenvalue weighted by Crippen LogP contribution is -1.97. The predicted molar refractivity (Wildman–Crippen MR) is 106 cm³/mol. The van der Waals surface area contributed by atoms with Gasteiger partial charge in [0.2, 0.25) is 0 Å². The summed E-state index contributed by atoms with van der Waals surface area (Å²) in [5.41, 5.74) is -0.497. The summed E-state index contributed by atoms with van der Waals surface area (Å²) in [6.45, 7) is 0. The number of sulfone groups is 2. The number of thioether (sulfide) groups is 1. The first-order chi connectivity index (χ1) is 13.5. The molecule has 0 amide bonds. The molecule has 0 radical (unpaired) electrons. The van der Waals surface area contributed by atoms with Crippen molar-refractivity contribution in [2.75, 3.05) is 0 Å². The molecule has 152 valence electrons. The molecule has 0 aliphatic rings. The van der Waals surface area contributed by atoms with Gasteiger partial charge in [0.1, 0.15) is 0 Å². The van der Waals surface area contributed by atoms with Gasteiger partial charge in [-0.3, -0.25) is 20.2 Å². The van der Waals surface area contributed by atoms with Gasteiger partial charge in [-0.2, -0.15) is 0 Å². The SMILES string of the molecule is O=[N+]([O-])c1ccc(S(=O)(=O)/C=C/S/C=C/S(=O)(=O)c2ccc([N+](=O)[O-])cc2)cc1. The van der Waals surface area contributed by atoms with Gasteiger partial charge in [0.15, 0.2) is 19.7 Å². The Hall–Kier alpha value is -3.03. The molecule has 0 aliphatic carbocycles. The summed E-state index contributed by atoms with van der Waals surface area (Å²) in [5.74, 6) is 0. The number of hydrogen-bond donors (Lipinski definition) is 0. The minimum atomic E-state index is -3.85. The molecule has 0 bridgehead atoms. The van der Waals surface area contributed by atoms with E-state index in [-0.39, 0.29) is 21.2 Å². The van der Waals surface area contributed by atoms with Crippen molar-refractivity contribution in [3.8, 4) is 0 Å². The average Bonchev–Trinajstić information content (AvgIpc) is 2.67. The quantitative estimate of drug-likeness (QED) is 0.429. The Bertz CT molecular complexity index is 1090. The van der Waals surface area contributed by atoms with Gasteiger partial charge < -0.3 is 0 Å². The smallest absolute Gasteiger partial charge is 0.258 e. The van der Waals surface area contributed by atoms with E-state index < -0.39 is 29.5 Å². The van der Waals surface area contributed by atoms with E-state index in [2.05, 4.69) is 0 Å². The van der Waals surface area contributed by atoms with E-state index in [1.807, 2.05) is 0 Å². The van der Waals surface area contributed by atoms with Crippen LogP contribution in [0, 0.1) is 20.2 Å². The normalized spacial score (nSPS) is 12.4. The van der Waals surface area contributed by atoms with Crippen LogP contribution in [0.15, 0.2) is 80.0 Å². The number of rotatable bonds is 8. The first kappa shape index (κ1) is 22.3. The Morgan fingerprint density at radius 3 is 1.24 bits per heavy atom. The van der Waals surface area contributed by atoms with Crippen molar-refractivity contribution in [1.82, 2.24) is 0 Å². The Morgan fingerprint density at radius 1 is 0.655 bits per heavy atom. The Labute approximate surface area is 169 Å². The lowest BCUT2D eigenvalue weighted by atomic mass is 10.3. The zero-order chi connectivity index (χ0) is 21.7. The van der Waals surface area contributed by atoms with Crippen LogP contribution in [-0.2, 0) is 19.7 Å². The van der Waals surface area contributed by atoms with Crippen molar-refractivity contribution in [1.29, 1.82) is 0 Å². The van der Waals surface area contributed by atoms with Crippen LogP contribution in [0.3, 0.4) is 0 Å². The summed E-state index contributed by atoms with van der Waals surface area (Å²) in [5, 5.41) is 25.1. The van der Waals surface area contributed by atoms with E-state index in [1.54, 1.807) is 0 Å². The molecular weight excluding hydrogens is 444 g/mol. The maximum atomic E-state index is 12.1. The highest BCUT2D eigenvalue weighted by molar-refractivity contribution is 8.06.